The molecular weight excluding hydrogens is 400 g/mol. The molecule has 2 aromatic heterocycles. The van der Waals surface area contributed by atoms with Gasteiger partial charge in [-0.25, -0.2) is 4.98 Å². The zero-order valence-corrected chi connectivity index (χ0v) is 18.1. The van der Waals surface area contributed by atoms with Crippen molar-refractivity contribution in [3.05, 3.63) is 78.4 Å². The van der Waals surface area contributed by atoms with Crippen LogP contribution in [0.3, 0.4) is 0 Å². The third-order valence-corrected chi connectivity index (χ3v) is 6.23. The lowest BCUT2D eigenvalue weighted by molar-refractivity contribution is -0.131. The fraction of sp³-hybridized carbons (Fsp3) is 0.269. The maximum Gasteiger partial charge on any atom is 0.227 e. The number of fused-ring (bicyclic) bond motifs is 1. The number of ether oxygens (including phenoxy) is 1. The highest BCUT2D eigenvalue weighted by atomic mass is 16.5. The molecule has 0 radical (unpaired) electrons. The molecule has 1 fully saturated rings. The largest absolute Gasteiger partial charge is 0.497 e. The number of carbonyl (C=O) groups is 1. The number of carbonyl (C=O) groups excluding carboxylic acids is 1. The van der Waals surface area contributed by atoms with E-state index in [9.17, 15) is 4.79 Å². The highest BCUT2D eigenvalue weighted by molar-refractivity contribution is 5.89. The molecule has 1 N–H and O–H groups in total. The molecular formula is C26H26N4O2. The molecule has 1 aliphatic heterocycles. The zero-order chi connectivity index (χ0) is 21.9. The van der Waals surface area contributed by atoms with Gasteiger partial charge in [0.05, 0.1) is 31.1 Å². The van der Waals surface area contributed by atoms with E-state index >= 15 is 0 Å². The number of aromatic amines is 1. The van der Waals surface area contributed by atoms with Crippen LogP contribution in [0.25, 0.3) is 22.2 Å². The maximum atomic E-state index is 13.1. The van der Waals surface area contributed by atoms with E-state index in [4.69, 9.17) is 9.72 Å². The van der Waals surface area contributed by atoms with Crippen molar-refractivity contribution in [1.29, 1.82) is 0 Å². The van der Waals surface area contributed by atoms with Crippen LogP contribution in [0.15, 0.2) is 67.1 Å². The number of piperidine rings is 1. The minimum absolute atomic E-state index is 0.163. The topological polar surface area (TPSA) is 71.1 Å². The molecule has 0 saturated carbocycles. The number of rotatable bonds is 5. The van der Waals surface area contributed by atoms with Gasteiger partial charge in [-0.1, -0.05) is 30.3 Å². The first-order valence-corrected chi connectivity index (χ1v) is 11.0. The summed E-state index contributed by atoms with van der Waals surface area (Å²) in [6.07, 6.45) is 7.95. The number of aromatic nitrogens is 3. The summed E-state index contributed by atoms with van der Waals surface area (Å²) in [5.74, 6) is 1.14. The Hall–Kier alpha value is -3.67. The minimum Gasteiger partial charge on any atom is -0.497 e. The van der Waals surface area contributed by atoms with Gasteiger partial charge in [-0.15, -0.1) is 0 Å². The van der Waals surface area contributed by atoms with Gasteiger partial charge >= 0.3 is 0 Å². The molecule has 6 heteroatoms. The Morgan fingerprint density at radius 3 is 3.00 bits per heavy atom. The second-order valence-corrected chi connectivity index (χ2v) is 8.28. The fourth-order valence-corrected chi connectivity index (χ4v) is 4.50. The van der Waals surface area contributed by atoms with Crippen LogP contribution in [-0.2, 0) is 11.2 Å². The minimum atomic E-state index is 0.163. The summed E-state index contributed by atoms with van der Waals surface area (Å²) in [5, 5.41) is 1.12. The lowest BCUT2D eigenvalue weighted by atomic mass is 9.94. The van der Waals surface area contributed by atoms with Crippen LogP contribution in [-0.4, -0.2) is 46.0 Å². The van der Waals surface area contributed by atoms with Crippen molar-refractivity contribution < 1.29 is 9.53 Å². The molecule has 4 aromatic rings. The van der Waals surface area contributed by atoms with Crippen LogP contribution < -0.4 is 4.74 Å². The van der Waals surface area contributed by atoms with E-state index < -0.39 is 0 Å². The molecule has 1 aliphatic rings. The van der Waals surface area contributed by atoms with Crippen LogP contribution in [0.2, 0.25) is 0 Å². The van der Waals surface area contributed by atoms with E-state index in [0.717, 1.165) is 58.6 Å². The first kappa shape index (κ1) is 20.2. The third-order valence-electron chi connectivity index (χ3n) is 6.23. The van der Waals surface area contributed by atoms with Crippen molar-refractivity contribution in [2.75, 3.05) is 20.2 Å². The molecule has 5 rings (SSSR count). The molecule has 1 atom stereocenters. The Kier molecular flexibility index (Phi) is 5.58. The van der Waals surface area contributed by atoms with Crippen molar-refractivity contribution in [3.8, 4) is 17.0 Å². The van der Waals surface area contributed by atoms with Gasteiger partial charge in [0.25, 0.3) is 0 Å². The smallest absolute Gasteiger partial charge is 0.227 e. The van der Waals surface area contributed by atoms with Gasteiger partial charge < -0.3 is 14.6 Å². The Bertz CT molecular complexity index is 1250. The standard InChI is InChI=1S/C26H26N4O2/c1-32-21-8-4-6-18(12-21)24-15-27-16-25(29-24)19-7-5-11-30(17-19)26(31)13-20-14-28-23-10-3-2-9-22(20)23/h2-4,6,8-10,12,14-16,19,28H,5,7,11,13,17H2,1H3. The number of para-hydroxylation sites is 1. The van der Waals surface area contributed by atoms with Gasteiger partial charge in [0, 0.05) is 47.9 Å². The second-order valence-electron chi connectivity index (χ2n) is 8.28. The van der Waals surface area contributed by atoms with Crippen molar-refractivity contribution in [2.45, 2.75) is 25.2 Å². The Morgan fingerprint density at radius 2 is 2.09 bits per heavy atom. The summed E-state index contributed by atoms with van der Waals surface area (Å²) >= 11 is 0. The van der Waals surface area contributed by atoms with E-state index in [1.54, 1.807) is 13.3 Å². The summed E-state index contributed by atoms with van der Waals surface area (Å²) < 4.78 is 5.34. The zero-order valence-electron chi connectivity index (χ0n) is 18.1. The number of hydrogen-bond acceptors (Lipinski definition) is 4. The maximum absolute atomic E-state index is 13.1. The lowest BCUT2D eigenvalue weighted by Crippen LogP contribution is -2.40. The molecule has 1 amide bonds. The molecule has 1 saturated heterocycles. The van der Waals surface area contributed by atoms with Crippen LogP contribution in [0.5, 0.6) is 5.75 Å². The number of H-pyrrole nitrogens is 1. The van der Waals surface area contributed by atoms with Gasteiger partial charge in [-0.3, -0.25) is 9.78 Å². The summed E-state index contributed by atoms with van der Waals surface area (Å²) in [7, 11) is 1.66. The van der Waals surface area contributed by atoms with Crippen molar-refractivity contribution >= 4 is 16.8 Å². The van der Waals surface area contributed by atoms with Crippen molar-refractivity contribution in [2.24, 2.45) is 0 Å². The third kappa shape index (κ3) is 4.08. The number of hydrogen-bond donors (Lipinski definition) is 1. The highest BCUT2D eigenvalue weighted by Gasteiger charge is 2.26. The van der Waals surface area contributed by atoms with Crippen LogP contribution >= 0.6 is 0 Å². The van der Waals surface area contributed by atoms with Gasteiger partial charge in [-0.05, 0) is 36.6 Å². The number of nitrogens with zero attached hydrogens (tertiary/aromatic N) is 3. The Morgan fingerprint density at radius 1 is 1.19 bits per heavy atom. The van der Waals surface area contributed by atoms with Gasteiger partial charge in [-0.2, -0.15) is 0 Å². The average molecular weight is 427 g/mol. The second kappa shape index (κ2) is 8.83. The van der Waals surface area contributed by atoms with E-state index in [1.807, 2.05) is 59.8 Å². The van der Waals surface area contributed by atoms with Crippen LogP contribution in [0.1, 0.15) is 30.0 Å². The lowest BCUT2D eigenvalue weighted by Gasteiger charge is -2.32. The van der Waals surface area contributed by atoms with Crippen molar-refractivity contribution in [1.82, 2.24) is 19.9 Å². The number of likely N-dealkylation sites (tertiary alicyclic amines) is 1. The van der Waals surface area contributed by atoms with E-state index in [-0.39, 0.29) is 11.8 Å². The van der Waals surface area contributed by atoms with Gasteiger partial charge in [0.15, 0.2) is 0 Å². The Balaban J connectivity index is 1.32. The molecule has 0 spiro atoms. The molecule has 32 heavy (non-hydrogen) atoms. The molecule has 2 aromatic carbocycles. The quantitative estimate of drug-likeness (QED) is 0.507. The molecule has 0 aliphatic carbocycles. The normalized spacial score (nSPS) is 16.3. The van der Waals surface area contributed by atoms with Gasteiger partial charge in [0.2, 0.25) is 5.91 Å². The number of amides is 1. The summed E-state index contributed by atoms with van der Waals surface area (Å²) in [5.41, 5.74) is 4.85. The van der Waals surface area contributed by atoms with Gasteiger partial charge in [0.1, 0.15) is 5.75 Å². The van der Waals surface area contributed by atoms with Crippen LogP contribution in [0, 0.1) is 0 Å². The van der Waals surface area contributed by atoms with E-state index in [1.165, 1.54) is 0 Å². The number of nitrogens with one attached hydrogen (secondary N) is 1. The first-order chi connectivity index (χ1) is 15.7. The Labute approximate surface area is 187 Å². The number of methoxy groups -OCH3 is 1. The monoisotopic (exact) mass is 426 g/mol. The van der Waals surface area contributed by atoms with Crippen molar-refractivity contribution in [3.63, 3.8) is 0 Å². The van der Waals surface area contributed by atoms with E-state index in [0.29, 0.717) is 13.0 Å². The highest BCUT2D eigenvalue weighted by Crippen LogP contribution is 2.29. The summed E-state index contributed by atoms with van der Waals surface area (Å²) in [4.78, 5) is 27.7. The average Bonchev–Trinajstić information content (AvgIpc) is 3.27. The summed E-state index contributed by atoms with van der Waals surface area (Å²) in [6.45, 7) is 1.47. The molecule has 162 valence electrons. The van der Waals surface area contributed by atoms with Crippen LogP contribution in [0.4, 0.5) is 0 Å². The van der Waals surface area contributed by atoms with E-state index in [2.05, 4.69) is 16.0 Å². The number of benzene rings is 2. The predicted molar refractivity (Wildman–Crippen MR) is 125 cm³/mol. The molecule has 6 nitrogen and oxygen atoms in total. The molecule has 3 heterocycles. The molecule has 1 unspecified atom stereocenters. The SMILES string of the molecule is COc1cccc(-c2cncc(C3CCCN(C(=O)Cc4c[nH]c5ccccc45)C3)n2)c1. The first-order valence-electron chi connectivity index (χ1n) is 11.0. The summed E-state index contributed by atoms with van der Waals surface area (Å²) in [6, 6.07) is 15.9. The predicted octanol–water partition coefficient (Wildman–Crippen LogP) is 4.58. The molecule has 0 bridgehead atoms. The fourth-order valence-electron chi connectivity index (χ4n) is 4.50.